The molecule has 0 aliphatic heterocycles. The minimum atomic E-state index is -1.36. The van der Waals surface area contributed by atoms with E-state index in [4.69, 9.17) is 56.9 Å². The van der Waals surface area contributed by atoms with Gasteiger partial charge in [-0.15, -0.1) is 24.0 Å². The lowest BCUT2D eigenvalue weighted by Gasteiger charge is -2.30. The minimum Gasteiger partial charge on any atom is -0.465 e. The molecule has 2 atom stereocenters. The second-order valence-corrected chi connectivity index (χ2v) is 15.8. The Kier molecular flexibility index (Phi) is 19.5. The number of nitrogens with one attached hydrogen (secondary N) is 4. The summed E-state index contributed by atoms with van der Waals surface area (Å²) in [7, 11) is 0. The van der Waals surface area contributed by atoms with E-state index in [2.05, 4.69) is 53.1 Å². The number of carbonyl (C=O) groups excluding carboxylic acids is 4. The van der Waals surface area contributed by atoms with E-state index in [1.807, 2.05) is 48.5 Å². The standard InChI is InChI=1S/C21H22BrCl2N3O4.C16H15BrCl2N2O.HI/c1-3-31-18(28)12-25-20(30)27-21(2,11-13-4-6-14(22)7-5-13)19(29)26-17-9-15(23)8-16(24)10-17;1-16(20,9-10-2-4-11(17)5-3-10)15(22)21-14-7-12(18)6-13(19)8-14;/h4-10H,3,11-12H2,1-2H3,(H,26,29)(H2,25,27,30);2-8H,9,20H2,1H3,(H,21,22);1H/t21-;16-;/m11./s1. The second-order valence-electron chi connectivity index (χ2n) is 12.2. The molecule has 0 unspecified atom stereocenters. The number of anilines is 2. The lowest BCUT2D eigenvalue weighted by molar-refractivity contribution is -0.141. The fourth-order valence-electron chi connectivity index (χ4n) is 4.75. The van der Waals surface area contributed by atoms with Crippen LogP contribution in [0.3, 0.4) is 0 Å². The van der Waals surface area contributed by atoms with Crippen molar-refractivity contribution in [3.8, 4) is 0 Å². The summed E-state index contributed by atoms with van der Waals surface area (Å²) < 4.78 is 6.65. The van der Waals surface area contributed by atoms with Gasteiger partial charge in [0.25, 0.3) is 0 Å². The summed E-state index contributed by atoms with van der Waals surface area (Å²) in [6.07, 6.45) is 0.605. The quantitative estimate of drug-likeness (QED) is 0.0704. The van der Waals surface area contributed by atoms with Crippen LogP contribution in [0.4, 0.5) is 16.2 Å². The van der Waals surface area contributed by atoms with Gasteiger partial charge in [0.1, 0.15) is 12.1 Å². The zero-order chi connectivity index (χ0) is 39.3. The van der Waals surface area contributed by atoms with Crippen molar-refractivity contribution in [1.29, 1.82) is 0 Å². The molecular weight excluding hydrogens is 1020 g/mol. The first kappa shape index (κ1) is 47.5. The predicted octanol–water partition coefficient (Wildman–Crippen LogP) is 9.83. The summed E-state index contributed by atoms with van der Waals surface area (Å²) in [5.74, 6) is -1.36. The van der Waals surface area contributed by atoms with Crippen LogP contribution < -0.4 is 27.0 Å². The van der Waals surface area contributed by atoms with Crippen molar-refractivity contribution in [3.05, 3.63) is 125 Å². The van der Waals surface area contributed by atoms with Gasteiger partial charge in [0.15, 0.2) is 0 Å². The highest BCUT2D eigenvalue weighted by molar-refractivity contribution is 14.0. The van der Waals surface area contributed by atoms with Crippen molar-refractivity contribution in [2.24, 2.45) is 5.73 Å². The van der Waals surface area contributed by atoms with Gasteiger partial charge >= 0.3 is 12.0 Å². The molecule has 4 aromatic carbocycles. The third kappa shape index (κ3) is 16.2. The first-order valence-electron chi connectivity index (χ1n) is 15.9. The SMILES string of the molecule is CCOC(=O)CNC(=O)N[C@](C)(Cc1ccc(Br)cc1)C(=O)Nc1cc(Cl)cc(Cl)c1.C[C@@](N)(Cc1ccc(Br)cc1)C(=O)Nc1cc(Cl)cc(Cl)c1.I. The first-order chi connectivity index (χ1) is 24.9. The summed E-state index contributed by atoms with van der Waals surface area (Å²) in [5, 5.41) is 12.2. The van der Waals surface area contributed by atoms with E-state index < -0.39 is 29.0 Å². The van der Waals surface area contributed by atoms with E-state index in [1.54, 1.807) is 57.2 Å². The minimum absolute atomic E-state index is 0. The molecule has 0 aromatic heterocycles. The Morgan fingerprint density at radius 3 is 1.52 bits per heavy atom. The monoisotopic (exact) mass is 1060 g/mol. The average Bonchev–Trinajstić information content (AvgIpc) is 3.05. The first-order valence-corrected chi connectivity index (χ1v) is 19.0. The highest BCUT2D eigenvalue weighted by Crippen LogP contribution is 2.26. The van der Waals surface area contributed by atoms with E-state index in [9.17, 15) is 19.2 Å². The van der Waals surface area contributed by atoms with Crippen LogP contribution in [0, 0.1) is 0 Å². The largest absolute Gasteiger partial charge is 0.465 e. The number of hydrogen-bond acceptors (Lipinski definition) is 6. The number of amides is 4. The summed E-state index contributed by atoms with van der Waals surface area (Å²) in [4.78, 5) is 49.5. The Labute approximate surface area is 368 Å². The molecule has 0 bridgehead atoms. The molecule has 0 spiro atoms. The van der Waals surface area contributed by atoms with Crippen molar-refractivity contribution in [2.75, 3.05) is 23.8 Å². The van der Waals surface area contributed by atoms with E-state index in [0.29, 0.717) is 37.9 Å². The van der Waals surface area contributed by atoms with Crippen LogP contribution in [0.1, 0.15) is 31.9 Å². The summed E-state index contributed by atoms with van der Waals surface area (Å²) in [6, 6.07) is 23.8. The molecule has 0 saturated heterocycles. The zero-order valence-electron chi connectivity index (χ0n) is 29.2. The Morgan fingerprint density at radius 2 is 1.09 bits per heavy atom. The molecule has 54 heavy (non-hydrogen) atoms. The van der Waals surface area contributed by atoms with Crippen LogP contribution in [-0.2, 0) is 32.0 Å². The molecule has 0 aliphatic carbocycles. The number of nitrogens with two attached hydrogens (primary N) is 1. The number of esters is 1. The summed E-state index contributed by atoms with van der Waals surface area (Å²) in [6.45, 7) is 4.82. The van der Waals surface area contributed by atoms with Gasteiger partial charge in [0.05, 0.1) is 12.1 Å². The van der Waals surface area contributed by atoms with Crippen LogP contribution in [0.5, 0.6) is 0 Å². The molecule has 0 fully saturated rings. The third-order valence-corrected chi connectivity index (χ3v) is 9.23. The van der Waals surface area contributed by atoms with Crippen LogP contribution in [-0.4, -0.2) is 48.0 Å². The molecule has 10 nitrogen and oxygen atoms in total. The third-order valence-electron chi connectivity index (χ3n) is 7.30. The van der Waals surface area contributed by atoms with E-state index >= 15 is 0 Å². The van der Waals surface area contributed by atoms with Crippen molar-refractivity contribution >= 4 is 137 Å². The molecule has 290 valence electrons. The predicted molar refractivity (Wildman–Crippen MR) is 235 cm³/mol. The van der Waals surface area contributed by atoms with Gasteiger partial charge in [-0.2, -0.15) is 0 Å². The lowest BCUT2D eigenvalue weighted by Crippen LogP contribution is -2.58. The topological polar surface area (TPSA) is 152 Å². The second kappa shape index (κ2) is 22.2. The van der Waals surface area contributed by atoms with Crippen molar-refractivity contribution in [1.82, 2.24) is 10.6 Å². The number of urea groups is 1. The molecule has 17 heteroatoms. The molecule has 4 rings (SSSR count). The van der Waals surface area contributed by atoms with Crippen LogP contribution in [0.2, 0.25) is 20.1 Å². The number of ether oxygens (including phenoxy) is 1. The fourth-order valence-corrected chi connectivity index (χ4v) is 6.33. The Bertz CT molecular complexity index is 1880. The Morgan fingerprint density at radius 1 is 0.685 bits per heavy atom. The van der Waals surface area contributed by atoms with Crippen molar-refractivity contribution < 1.29 is 23.9 Å². The zero-order valence-corrected chi connectivity index (χ0v) is 37.7. The molecule has 4 aromatic rings. The summed E-state index contributed by atoms with van der Waals surface area (Å²) in [5.41, 5.74) is 6.46. The molecule has 4 amide bonds. The van der Waals surface area contributed by atoms with Gasteiger partial charge < -0.3 is 31.7 Å². The average molecular weight is 1060 g/mol. The van der Waals surface area contributed by atoms with Crippen molar-refractivity contribution in [3.63, 3.8) is 0 Å². The number of rotatable bonds is 12. The van der Waals surface area contributed by atoms with Gasteiger partial charge in [-0.1, -0.05) is 103 Å². The molecular formula is C37H38Br2Cl4IN5O5. The van der Waals surface area contributed by atoms with E-state index in [-0.39, 0.29) is 49.5 Å². The normalized spacial score (nSPS) is 12.6. The maximum atomic E-state index is 13.2. The number of halogens is 7. The van der Waals surface area contributed by atoms with Gasteiger partial charge in [-0.05, 0) is 99.0 Å². The lowest BCUT2D eigenvalue weighted by atomic mass is 9.91. The fraction of sp³-hybridized carbons (Fsp3) is 0.243. The van der Waals surface area contributed by atoms with Crippen LogP contribution >= 0.6 is 102 Å². The van der Waals surface area contributed by atoms with Crippen molar-refractivity contribution in [2.45, 2.75) is 44.7 Å². The van der Waals surface area contributed by atoms with E-state index in [0.717, 1.165) is 20.1 Å². The van der Waals surface area contributed by atoms with Crippen LogP contribution in [0.25, 0.3) is 0 Å². The number of hydrogen-bond donors (Lipinski definition) is 5. The Balaban J connectivity index is 0.000000387. The molecule has 0 radical (unpaired) electrons. The van der Waals surface area contributed by atoms with Gasteiger partial charge in [0, 0.05) is 46.8 Å². The molecule has 0 saturated carbocycles. The molecule has 0 heterocycles. The van der Waals surface area contributed by atoms with Crippen LogP contribution in [0.15, 0.2) is 93.9 Å². The number of benzene rings is 4. The van der Waals surface area contributed by atoms with E-state index in [1.165, 1.54) is 0 Å². The Hall–Kier alpha value is -2.63. The van der Waals surface area contributed by atoms with Gasteiger partial charge in [0.2, 0.25) is 11.8 Å². The maximum absolute atomic E-state index is 13.2. The van der Waals surface area contributed by atoms with Gasteiger partial charge in [-0.3, -0.25) is 14.4 Å². The smallest absolute Gasteiger partial charge is 0.325 e. The number of carbonyl (C=O) groups is 4. The molecule has 0 aliphatic rings. The molecule has 6 N–H and O–H groups in total. The summed E-state index contributed by atoms with van der Waals surface area (Å²) >= 11 is 30.6. The highest BCUT2D eigenvalue weighted by Gasteiger charge is 2.36. The van der Waals surface area contributed by atoms with Gasteiger partial charge in [-0.25, -0.2) is 4.79 Å². The highest BCUT2D eigenvalue weighted by atomic mass is 127. The maximum Gasteiger partial charge on any atom is 0.325 e.